The summed E-state index contributed by atoms with van der Waals surface area (Å²) in [6.45, 7) is 0. The molecule has 0 atom stereocenters. The number of carbonyl (C=O) groups is 1. The van der Waals surface area contributed by atoms with Crippen LogP contribution >= 0.6 is 0 Å². The molecule has 1 aromatic heterocycles. The minimum atomic E-state index is -1.25. The van der Waals surface area contributed by atoms with Gasteiger partial charge in [0.2, 0.25) is 5.91 Å². The van der Waals surface area contributed by atoms with E-state index in [0.29, 0.717) is 23.4 Å². The minimum absolute atomic E-state index is 0.0376. The Balaban J connectivity index is 1.66. The van der Waals surface area contributed by atoms with Crippen molar-refractivity contribution >= 4 is 17.3 Å². The Morgan fingerprint density at radius 3 is 2.83 bits per heavy atom. The Hall–Kier alpha value is -3.89. The van der Waals surface area contributed by atoms with Crippen LogP contribution in [0.3, 0.4) is 0 Å². The first-order valence-electron chi connectivity index (χ1n) is 8.27. The first-order valence-corrected chi connectivity index (χ1v) is 8.27. The summed E-state index contributed by atoms with van der Waals surface area (Å²) >= 11 is 0. The molecule has 0 saturated carbocycles. The van der Waals surface area contributed by atoms with Crippen LogP contribution in [0.15, 0.2) is 40.9 Å². The van der Waals surface area contributed by atoms with E-state index in [2.05, 4.69) is 15.5 Å². The quantitative estimate of drug-likeness (QED) is 0.472. The molecule has 11 heteroatoms. The Labute approximate surface area is 162 Å². The van der Waals surface area contributed by atoms with Gasteiger partial charge in [0.1, 0.15) is 11.6 Å². The van der Waals surface area contributed by atoms with Gasteiger partial charge in [-0.2, -0.15) is 4.98 Å². The second-order valence-corrected chi connectivity index (χ2v) is 5.83. The van der Waals surface area contributed by atoms with Crippen LogP contribution in [0, 0.1) is 21.7 Å². The topological polar surface area (TPSA) is 120 Å². The summed E-state index contributed by atoms with van der Waals surface area (Å²) in [5.74, 6) is -2.06. The third-order valence-electron chi connectivity index (χ3n) is 3.86. The summed E-state index contributed by atoms with van der Waals surface area (Å²) in [6.07, 6.45) is -0.166. The molecule has 1 amide bonds. The summed E-state index contributed by atoms with van der Waals surface area (Å²) in [5.41, 5.74) is -0.959. The molecular weight excluding hydrogens is 390 g/mol. The van der Waals surface area contributed by atoms with Crippen molar-refractivity contribution in [2.75, 3.05) is 12.4 Å². The number of methoxy groups -OCH3 is 1. The molecule has 0 fully saturated rings. The van der Waals surface area contributed by atoms with Crippen LogP contribution < -0.4 is 10.1 Å². The molecular formula is C18H14F2N4O5. The highest BCUT2D eigenvalue weighted by Gasteiger charge is 2.22. The van der Waals surface area contributed by atoms with Crippen LogP contribution in [0.5, 0.6) is 5.75 Å². The third kappa shape index (κ3) is 4.69. The summed E-state index contributed by atoms with van der Waals surface area (Å²) < 4.78 is 37.3. The highest BCUT2D eigenvalue weighted by molar-refractivity contribution is 5.93. The number of nitro groups is 1. The number of benzene rings is 2. The number of carbonyl (C=O) groups excluding carboxylic acids is 1. The van der Waals surface area contributed by atoms with Crippen molar-refractivity contribution in [2.45, 2.75) is 12.8 Å². The van der Waals surface area contributed by atoms with Gasteiger partial charge in [-0.1, -0.05) is 11.2 Å². The van der Waals surface area contributed by atoms with E-state index in [0.717, 1.165) is 0 Å². The van der Waals surface area contributed by atoms with Gasteiger partial charge in [0, 0.05) is 24.5 Å². The summed E-state index contributed by atoms with van der Waals surface area (Å²) in [4.78, 5) is 26.2. The van der Waals surface area contributed by atoms with Crippen molar-refractivity contribution in [1.29, 1.82) is 0 Å². The van der Waals surface area contributed by atoms with Gasteiger partial charge >= 0.3 is 0 Å². The van der Waals surface area contributed by atoms with E-state index >= 15 is 0 Å². The van der Waals surface area contributed by atoms with Crippen molar-refractivity contribution in [3.63, 3.8) is 0 Å². The molecule has 0 aliphatic rings. The molecule has 29 heavy (non-hydrogen) atoms. The van der Waals surface area contributed by atoms with Crippen molar-refractivity contribution in [3.8, 4) is 17.2 Å². The van der Waals surface area contributed by atoms with E-state index in [4.69, 9.17) is 9.26 Å². The lowest BCUT2D eigenvalue weighted by atomic mass is 10.2. The normalized spacial score (nSPS) is 10.6. The van der Waals surface area contributed by atoms with Crippen LogP contribution in [-0.2, 0) is 11.2 Å². The Morgan fingerprint density at radius 2 is 2.10 bits per heavy atom. The lowest BCUT2D eigenvalue weighted by Gasteiger charge is -2.06. The summed E-state index contributed by atoms with van der Waals surface area (Å²) in [7, 11) is 1.52. The van der Waals surface area contributed by atoms with Crippen LogP contribution in [0.1, 0.15) is 12.2 Å². The number of nitrogens with zero attached hydrogens (tertiary/aromatic N) is 3. The molecule has 0 aliphatic heterocycles. The molecule has 1 heterocycles. The molecule has 3 rings (SSSR count). The highest BCUT2D eigenvalue weighted by Crippen LogP contribution is 2.29. The van der Waals surface area contributed by atoms with E-state index in [9.17, 15) is 23.7 Å². The standard InChI is InChI=1S/C18H14F2N4O5/c1-28-12-4-2-3-10(7-12)18-21-15(23-29-18)5-6-16(25)22-17-13(20)8-11(19)9-14(17)24(26)27/h2-4,7-9H,5-6H2,1H3,(H,22,25). The number of amides is 1. The smallest absolute Gasteiger partial charge is 0.298 e. The largest absolute Gasteiger partial charge is 0.497 e. The zero-order chi connectivity index (χ0) is 21.0. The minimum Gasteiger partial charge on any atom is -0.497 e. The molecule has 150 valence electrons. The van der Waals surface area contributed by atoms with Gasteiger partial charge in [0.25, 0.3) is 11.6 Å². The van der Waals surface area contributed by atoms with Crippen LogP contribution in [-0.4, -0.2) is 28.1 Å². The van der Waals surface area contributed by atoms with Gasteiger partial charge in [-0.05, 0) is 18.2 Å². The molecule has 0 saturated heterocycles. The van der Waals surface area contributed by atoms with E-state index in [1.807, 2.05) is 0 Å². The fourth-order valence-corrected chi connectivity index (χ4v) is 2.48. The lowest BCUT2D eigenvalue weighted by Crippen LogP contribution is -2.15. The fourth-order valence-electron chi connectivity index (χ4n) is 2.48. The molecule has 0 unspecified atom stereocenters. The number of ether oxygens (including phenoxy) is 1. The van der Waals surface area contributed by atoms with E-state index in [-0.39, 0.29) is 24.6 Å². The first-order chi connectivity index (χ1) is 13.9. The average molecular weight is 404 g/mol. The SMILES string of the molecule is COc1cccc(-c2nc(CCC(=O)Nc3c(F)cc(F)cc3[N+](=O)[O-])no2)c1. The van der Waals surface area contributed by atoms with Crippen LogP contribution in [0.25, 0.3) is 11.5 Å². The van der Waals surface area contributed by atoms with Crippen molar-refractivity contribution in [2.24, 2.45) is 0 Å². The zero-order valence-electron chi connectivity index (χ0n) is 15.0. The maximum Gasteiger partial charge on any atom is 0.298 e. The number of nitro benzene ring substituents is 1. The van der Waals surface area contributed by atoms with Gasteiger partial charge < -0.3 is 14.6 Å². The third-order valence-corrected chi connectivity index (χ3v) is 3.86. The number of aromatic nitrogens is 2. The van der Waals surface area contributed by atoms with Crippen molar-refractivity contribution < 1.29 is 27.8 Å². The van der Waals surface area contributed by atoms with Gasteiger partial charge in [-0.15, -0.1) is 0 Å². The monoisotopic (exact) mass is 404 g/mol. The van der Waals surface area contributed by atoms with Gasteiger partial charge in [-0.3, -0.25) is 14.9 Å². The second-order valence-electron chi connectivity index (χ2n) is 5.83. The van der Waals surface area contributed by atoms with Crippen LogP contribution in [0.2, 0.25) is 0 Å². The van der Waals surface area contributed by atoms with Gasteiger partial charge in [-0.25, -0.2) is 8.78 Å². The van der Waals surface area contributed by atoms with Crippen LogP contribution in [0.4, 0.5) is 20.2 Å². The Bertz CT molecular complexity index is 1070. The predicted octanol–water partition coefficient (Wildman–Crippen LogP) is 3.50. The number of halogens is 2. The number of hydrogen-bond donors (Lipinski definition) is 1. The summed E-state index contributed by atoms with van der Waals surface area (Å²) in [6, 6.07) is 7.90. The fraction of sp³-hybridized carbons (Fsp3) is 0.167. The maximum atomic E-state index is 13.8. The maximum absolute atomic E-state index is 13.8. The Kier molecular flexibility index (Phi) is 5.77. The molecule has 0 aliphatic carbocycles. The number of rotatable bonds is 7. The lowest BCUT2D eigenvalue weighted by molar-refractivity contribution is -0.384. The van der Waals surface area contributed by atoms with Crippen molar-refractivity contribution in [3.05, 3.63) is 64.0 Å². The molecule has 9 nitrogen and oxygen atoms in total. The zero-order valence-corrected chi connectivity index (χ0v) is 15.0. The molecule has 0 bridgehead atoms. The molecule has 0 spiro atoms. The van der Waals surface area contributed by atoms with E-state index in [1.165, 1.54) is 7.11 Å². The van der Waals surface area contributed by atoms with E-state index < -0.39 is 33.8 Å². The second kappa shape index (κ2) is 8.42. The number of hydrogen-bond acceptors (Lipinski definition) is 7. The summed E-state index contributed by atoms with van der Waals surface area (Å²) in [5, 5.41) is 16.8. The number of aryl methyl sites for hydroxylation is 1. The average Bonchev–Trinajstić information content (AvgIpc) is 3.17. The number of nitrogens with one attached hydrogen (secondary N) is 1. The van der Waals surface area contributed by atoms with Gasteiger partial charge in [0.05, 0.1) is 18.1 Å². The first kappa shape index (κ1) is 19.9. The molecule has 1 N–H and O–H groups in total. The molecule has 3 aromatic rings. The van der Waals surface area contributed by atoms with Crippen molar-refractivity contribution in [1.82, 2.24) is 10.1 Å². The van der Waals surface area contributed by atoms with Gasteiger partial charge in [0.15, 0.2) is 17.3 Å². The van der Waals surface area contributed by atoms with E-state index in [1.54, 1.807) is 24.3 Å². The molecule has 0 radical (unpaired) electrons. The predicted molar refractivity (Wildman–Crippen MR) is 96.2 cm³/mol. The molecule has 2 aromatic carbocycles. The number of anilines is 1. The Morgan fingerprint density at radius 1 is 1.31 bits per heavy atom. The highest BCUT2D eigenvalue weighted by atomic mass is 19.1.